The molecule has 9 nitrogen and oxygen atoms in total. The minimum atomic E-state index is -5.13. The molecule has 4 saturated carbocycles. The highest BCUT2D eigenvalue weighted by molar-refractivity contribution is 6.00. The fourth-order valence-electron chi connectivity index (χ4n) is 10.4. The molecule has 2 bridgehead atoms. The number of likely N-dealkylation sites (tertiary alicyclic amines) is 1. The van der Waals surface area contributed by atoms with Crippen LogP contribution in [0.1, 0.15) is 93.2 Å². The van der Waals surface area contributed by atoms with E-state index in [1.165, 1.54) is 11.1 Å². The van der Waals surface area contributed by atoms with Crippen LogP contribution in [-0.4, -0.2) is 79.8 Å². The van der Waals surface area contributed by atoms with Gasteiger partial charge in [-0.2, -0.15) is 26.3 Å². The zero-order valence-corrected chi connectivity index (χ0v) is 30.0. The lowest BCUT2D eigenvalue weighted by Crippen LogP contribution is -2.65. The summed E-state index contributed by atoms with van der Waals surface area (Å²) >= 11 is 0. The standard InChI is InChI=1S/C38H41F8N5O4/c1-20-8-21-10-22(9-20)36(12-21,33(53)54)49-32(52)27-15-47-31(48-30(27)38(44,45)46)28-16-51(23-4-6-35(39,40)7-5-23)29-11-24(2-3-26(28)29)55-25-13-34(14-25)17-50(18-34)19-37(41,42)43/h2-3,11,15-16,20-23,25H,4-10,12-14,17-19H2,1H3,(H,49,52)(H,53,54). The maximum atomic E-state index is 14.7. The number of hydrogen-bond acceptors (Lipinski definition) is 6. The summed E-state index contributed by atoms with van der Waals surface area (Å²) in [5.41, 5.74) is -3.75. The molecule has 3 aromatic rings. The number of halogens is 8. The third kappa shape index (κ3) is 7.14. The van der Waals surface area contributed by atoms with Crippen molar-refractivity contribution >= 4 is 22.8 Å². The lowest BCUT2D eigenvalue weighted by Gasteiger charge is -2.58. The largest absolute Gasteiger partial charge is 0.490 e. The lowest BCUT2D eigenvalue weighted by molar-refractivity contribution is -0.190. The Kier molecular flexibility index (Phi) is 8.96. The molecule has 0 radical (unpaired) electrons. The number of carboxylic acid groups (broad SMARTS) is 1. The summed E-state index contributed by atoms with van der Waals surface area (Å²) in [6.45, 7) is 1.68. The van der Waals surface area contributed by atoms with Gasteiger partial charge < -0.3 is 19.7 Å². The minimum absolute atomic E-state index is 0.0233. The monoisotopic (exact) mass is 783 g/mol. The number of fused-ring (bicyclic) bond motifs is 3. The Labute approximate surface area is 310 Å². The van der Waals surface area contributed by atoms with Gasteiger partial charge in [-0.05, 0) is 81.3 Å². The van der Waals surface area contributed by atoms with Crippen LogP contribution in [0, 0.1) is 23.2 Å². The van der Waals surface area contributed by atoms with Gasteiger partial charge in [0.2, 0.25) is 5.92 Å². The second-order valence-electron chi connectivity index (χ2n) is 16.9. The minimum Gasteiger partial charge on any atom is -0.490 e. The molecule has 4 aliphatic carbocycles. The van der Waals surface area contributed by atoms with E-state index in [0.717, 1.165) is 12.6 Å². The Morgan fingerprint density at radius 3 is 2.38 bits per heavy atom. The Balaban J connectivity index is 1.08. The predicted molar refractivity (Wildman–Crippen MR) is 181 cm³/mol. The van der Waals surface area contributed by atoms with Crippen LogP contribution in [0.2, 0.25) is 0 Å². The van der Waals surface area contributed by atoms with Crippen LogP contribution < -0.4 is 10.1 Å². The summed E-state index contributed by atoms with van der Waals surface area (Å²) in [7, 11) is 0. The fourth-order valence-corrected chi connectivity index (χ4v) is 10.4. The molecule has 4 atom stereocenters. The average Bonchev–Trinajstić information content (AvgIpc) is 3.55. The maximum Gasteiger partial charge on any atom is 0.434 e. The van der Waals surface area contributed by atoms with Crippen LogP contribution >= 0.6 is 0 Å². The maximum absolute atomic E-state index is 14.7. The van der Waals surface area contributed by atoms with E-state index >= 15 is 0 Å². The number of nitrogens with zero attached hydrogens (tertiary/aromatic N) is 4. The van der Waals surface area contributed by atoms with E-state index in [1.54, 1.807) is 22.8 Å². The van der Waals surface area contributed by atoms with Gasteiger partial charge in [0.15, 0.2) is 11.5 Å². The van der Waals surface area contributed by atoms with E-state index < -0.39 is 65.5 Å². The molecule has 3 heterocycles. The number of rotatable bonds is 8. The van der Waals surface area contributed by atoms with E-state index in [0.29, 0.717) is 55.4 Å². The molecular weight excluding hydrogens is 742 g/mol. The van der Waals surface area contributed by atoms with Crippen molar-refractivity contribution in [3.8, 4) is 17.1 Å². The lowest BCUT2D eigenvalue weighted by atomic mass is 9.62. The van der Waals surface area contributed by atoms with Crippen molar-refractivity contribution in [2.24, 2.45) is 23.2 Å². The summed E-state index contributed by atoms with van der Waals surface area (Å²) in [6, 6.07) is 4.47. The number of aromatic nitrogens is 3. The Bertz CT molecular complexity index is 1990. The molecule has 5 fully saturated rings. The SMILES string of the molecule is CC1CC2CC(C1)C(NC(=O)c1cnc(-c3cn(C4CCC(F)(F)CC4)c4cc(OC5CC6(C5)CN(CC(F)(F)F)C6)ccc34)nc1C(F)(F)F)(C(=O)O)C2. The number of hydrogen-bond donors (Lipinski definition) is 2. The van der Waals surface area contributed by atoms with E-state index in [4.69, 9.17) is 4.74 Å². The van der Waals surface area contributed by atoms with E-state index in [-0.39, 0.29) is 66.8 Å². The van der Waals surface area contributed by atoms with E-state index in [9.17, 15) is 49.8 Å². The zero-order chi connectivity index (χ0) is 39.3. The number of alkyl halides is 8. The molecule has 2 aromatic heterocycles. The number of amides is 1. The van der Waals surface area contributed by atoms with Gasteiger partial charge in [0.25, 0.3) is 5.91 Å². The molecule has 1 aromatic carbocycles. The van der Waals surface area contributed by atoms with Crippen LogP contribution in [0.15, 0.2) is 30.6 Å². The highest BCUT2D eigenvalue weighted by Gasteiger charge is 2.57. The number of carboxylic acids is 1. The Hall–Kier alpha value is -4.02. The Morgan fingerprint density at radius 2 is 1.73 bits per heavy atom. The van der Waals surface area contributed by atoms with Crippen molar-refractivity contribution in [2.75, 3.05) is 19.6 Å². The third-order valence-electron chi connectivity index (χ3n) is 12.6. The predicted octanol–water partition coefficient (Wildman–Crippen LogP) is 8.28. The zero-order valence-electron chi connectivity index (χ0n) is 30.0. The van der Waals surface area contributed by atoms with Gasteiger partial charge in [-0.3, -0.25) is 9.69 Å². The molecule has 5 aliphatic rings. The smallest absolute Gasteiger partial charge is 0.434 e. The summed E-state index contributed by atoms with van der Waals surface area (Å²) in [5, 5.41) is 13.1. The second kappa shape index (κ2) is 13.0. The highest BCUT2D eigenvalue weighted by atomic mass is 19.4. The third-order valence-corrected chi connectivity index (χ3v) is 12.6. The number of nitrogens with one attached hydrogen (secondary N) is 1. The number of carbonyl (C=O) groups excluding carboxylic acids is 1. The van der Waals surface area contributed by atoms with Crippen LogP contribution in [0.5, 0.6) is 5.75 Å². The van der Waals surface area contributed by atoms with Crippen molar-refractivity contribution in [3.63, 3.8) is 0 Å². The van der Waals surface area contributed by atoms with Gasteiger partial charge in [-0.1, -0.05) is 6.92 Å². The first-order chi connectivity index (χ1) is 25.7. The molecule has 1 aliphatic heterocycles. The normalized spacial score (nSPS) is 29.2. The van der Waals surface area contributed by atoms with Gasteiger partial charge in [-0.15, -0.1) is 0 Å². The average molecular weight is 784 g/mol. The molecule has 2 N–H and O–H groups in total. The van der Waals surface area contributed by atoms with Crippen LogP contribution in [0.4, 0.5) is 35.1 Å². The molecule has 1 spiro atoms. The van der Waals surface area contributed by atoms with Gasteiger partial charge in [-0.25, -0.2) is 23.5 Å². The van der Waals surface area contributed by atoms with E-state index in [2.05, 4.69) is 15.3 Å². The first-order valence-corrected chi connectivity index (χ1v) is 18.7. The number of aliphatic carboxylic acids is 1. The molecule has 4 unspecified atom stereocenters. The number of benzene rings is 1. The quantitative estimate of drug-likeness (QED) is 0.222. The van der Waals surface area contributed by atoms with Gasteiger partial charge in [0.05, 0.1) is 23.7 Å². The molecular formula is C38H41F8N5O4. The van der Waals surface area contributed by atoms with Crippen molar-refractivity contribution in [1.29, 1.82) is 0 Å². The van der Waals surface area contributed by atoms with Gasteiger partial charge in [0.1, 0.15) is 11.3 Å². The summed E-state index contributed by atoms with van der Waals surface area (Å²) < 4.78 is 119. The second-order valence-corrected chi connectivity index (χ2v) is 16.9. The fraction of sp³-hybridized carbons (Fsp3) is 0.632. The molecule has 17 heteroatoms. The summed E-state index contributed by atoms with van der Waals surface area (Å²) in [6.07, 6.45) is -4.86. The van der Waals surface area contributed by atoms with E-state index in [1.807, 2.05) is 6.92 Å². The molecule has 55 heavy (non-hydrogen) atoms. The van der Waals surface area contributed by atoms with Crippen molar-refractivity contribution in [1.82, 2.24) is 24.8 Å². The van der Waals surface area contributed by atoms with Gasteiger partial charge >= 0.3 is 18.3 Å². The number of ether oxygens (including phenoxy) is 1. The Morgan fingerprint density at radius 1 is 1.02 bits per heavy atom. The highest BCUT2D eigenvalue weighted by Crippen LogP contribution is 2.52. The topological polar surface area (TPSA) is 110 Å². The van der Waals surface area contributed by atoms with Crippen molar-refractivity contribution in [2.45, 2.75) is 107 Å². The molecule has 1 saturated heterocycles. The van der Waals surface area contributed by atoms with Crippen LogP contribution in [0.3, 0.4) is 0 Å². The first kappa shape index (κ1) is 37.9. The summed E-state index contributed by atoms with van der Waals surface area (Å²) in [4.78, 5) is 35.6. The molecule has 298 valence electrons. The van der Waals surface area contributed by atoms with Crippen LogP contribution in [-0.2, 0) is 11.0 Å². The first-order valence-electron chi connectivity index (χ1n) is 18.7. The van der Waals surface area contributed by atoms with Crippen molar-refractivity contribution < 1.29 is 54.6 Å². The van der Waals surface area contributed by atoms with Crippen molar-refractivity contribution in [3.05, 3.63) is 41.9 Å². The number of carbonyl (C=O) groups is 2. The molecule has 8 rings (SSSR count). The van der Waals surface area contributed by atoms with Gasteiger partial charge in [0, 0.05) is 66.8 Å². The summed E-state index contributed by atoms with van der Waals surface area (Å²) in [5.74, 6) is -5.53. The molecule has 1 amide bonds. The van der Waals surface area contributed by atoms with Crippen LogP contribution in [0.25, 0.3) is 22.3 Å².